The third kappa shape index (κ3) is 7.06. The maximum absolute atomic E-state index is 12.5. The van der Waals surface area contributed by atoms with E-state index in [9.17, 15) is 13.6 Å². The summed E-state index contributed by atoms with van der Waals surface area (Å²) in [6.07, 6.45) is 0. The highest BCUT2D eigenvalue weighted by Gasteiger charge is 2.14. The molecule has 3 rings (SSSR count). The van der Waals surface area contributed by atoms with E-state index in [4.69, 9.17) is 4.74 Å². The molecule has 0 radical (unpaired) electrons. The monoisotopic (exact) mass is 480 g/mol. The van der Waals surface area contributed by atoms with Crippen molar-refractivity contribution in [2.75, 3.05) is 24.7 Å². The smallest absolute Gasteiger partial charge is 0.387 e. The van der Waals surface area contributed by atoms with Gasteiger partial charge in [-0.2, -0.15) is 8.78 Å². The third-order valence-corrected chi connectivity index (χ3v) is 6.10. The Hall–Kier alpha value is -2.92. The predicted molar refractivity (Wildman–Crippen MR) is 121 cm³/mol. The van der Waals surface area contributed by atoms with Gasteiger partial charge in [-0.15, -0.1) is 10.2 Å². The Kier molecular flexibility index (Phi) is 8.63. The molecular weight excluding hydrogens is 458 g/mol. The Morgan fingerprint density at radius 2 is 1.94 bits per heavy atom. The number of aromatic nitrogens is 2. The Labute approximate surface area is 192 Å². The van der Waals surface area contributed by atoms with E-state index in [0.717, 1.165) is 17.0 Å². The van der Waals surface area contributed by atoms with Gasteiger partial charge in [-0.05, 0) is 36.8 Å². The molecule has 3 aromatic rings. The number of nitrogens with zero attached hydrogens (tertiary/aromatic N) is 3. The Balaban J connectivity index is 1.49. The number of hydrogen-bond acceptors (Lipinski definition) is 8. The number of rotatable bonds is 11. The first-order chi connectivity index (χ1) is 15.4. The van der Waals surface area contributed by atoms with E-state index in [1.165, 1.54) is 35.2 Å². The standard InChI is InChI=1S/C21H22F2N4O3S2/c1-3-29-17-7-5-4-6-16(17)24-20-25-26-21(32-20)31-13-18(28)27(2)12-14-8-10-15(11-9-14)30-19(22)23/h4-11,19H,3,12-13H2,1-2H3,(H,24,25). The molecule has 0 saturated carbocycles. The number of anilines is 2. The van der Waals surface area contributed by atoms with Crippen molar-refractivity contribution < 1.29 is 23.0 Å². The van der Waals surface area contributed by atoms with Gasteiger partial charge < -0.3 is 19.7 Å². The zero-order valence-electron chi connectivity index (χ0n) is 17.5. The zero-order chi connectivity index (χ0) is 22.9. The molecule has 0 aliphatic rings. The fourth-order valence-electron chi connectivity index (χ4n) is 2.66. The molecule has 1 heterocycles. The number of hydrogen-bond donors (Lipinski definition) is 1. The van der Waals surface area contributed by atoms with Crippen LogP contribution in [-0.2, 0) is 11.3 Å². The van der Waals surface area contributed by atoms with Crippen LogP contribution in [0.15, 0.2) is 52.9 Å². The van der Waals surface area contributed by atoms with E-state index in [1.807, 2.05) is 31.2 Å². The number of alkyl halides is 2. The normalized spacial score (nSPS) is 10.8. The summed E-state index contributed by atoms with van der Waals surface area (Å²) in [6.45, 7) is -0.0379. The van der Waals surface area contributed by atoms with E-state index in [1.54, 1.807) is 24.1 Å². The van der Waals surface area contributed by atoms with Gasteiger partial charge in [0.1, 0.15) is 11.5 Å². The summed E-state index contributed by atoms with van der Waals surface area (Å²) >= 11 is 2.65. The fraction of sp³-hybridized carbons (Fsp3) is 0.286. The maximum Gasteiger partial charge on any atom is 0.387 e. The average molecular weight is 481 g/mol. The first-order valence-electron chi connectivity index (χ1n) is 9.67. The molecule has 2 aromatic carbocycles. The van der Waals surface area contributed by atoms with Gasteiger partial charge in [-0.3, -0.25) is 4.79 Å². The van der Waals surface area contributed by atoms with E-state index < -0.39 is 6.61 Å². The molecule has 32 heavy (non-hydrogen) atoms. The lowest BCUT2D eigenvalue weighted by molar-refractivity contribution is -0.127. The number of amides is 1. The quantitative estimate of drug-likeness (QED) is 0.386. The molecule has 11 heteroatoms. The van der Waals surface area contributed by atoms with Crippen LogP contribution in [0, 0.1) is 0 Å². The highest BCUT2D eigenvalue weighted by atomic mass is 32.2. The summed E-state index contributed by atoms with van der Waals surface area (Å²) in [5.41, 5.74) is 1.60. The second-order valence-electron chi connectivity index (χ2n) is 6.49. The predicted octanol–water partition coefficient (Wildman–Crippen LogP) is 5.03. The zero-order valence-corrected chi connectivity index (χ0v) is 19.1. The highest BCUT2D eigenvalue weighted by molar-refractivity contribution is 8.01. The van der Waals surface area contributed by atoms with Gasteiger partial charge in [0.05, 0.1) is 18.0 Å². The van der Waals surface area contributed by atoms with Crippen LogP contribution in [0.4, 0.5) is 19.6 Å². The van der Waals surface area contributed by atoms with Gasteiger partial charge in [0.15, 0.2) is 4.34 Å². The number of carbonyl (C=O) groups excluding carboxylic acids is 1. The minimum absolute atomic E-state index is 0.0813. The summed E-state index contributed by atoms with van der Waals surface area (Å²) in [6, 6.07) is 13.8. The minimum atomic E-state index is -2.86. The average Bonchev–Trinajstić information content (AvgIpc) is 3.22. The molecule has 0 fully saturated rings. The second kappa shape index (κ2) is 11.6. The van der Waals surface area contributed by atoms with Crippen LogP contribution in [0.1, 0.15) is 12.5 Å². The Morgan fingerprint density at radius 3 is 2.66 bits per heavy atom. The molecule has 0 atom stereocenters. The molecule has 7 nitrogen and oxygen atoms in total. The highest BCUT2D eigenvalue weighted by Crippen LogP contribution is 2.31. The van der Waals surface area contributed by atoms with Gasteiger partial charge in [0, 0.05) is 13.6 Å². The summed E-state index contributed by atoms with van der Waals surface area (Å²) in [7, 11) is 1.68. The van der Waals surface area contributed by atoms with Gasteiger partial charge in [0.2, 0.25) is 11.0 Å². The third-order valence-electron chi connectivity index (χ3n) is 4.15. The first-order valence-corrected chi connectivity index (χ1v) is 11.5. The minimum Gasteiger partial charge on any atom is -0.492 e. The summed E-state index contributed by atoms with van der Waals surface area (Å²) < 4.78 is 35.0. The number of ether oxygens (including phenoxy) is 2. The van der Waals surface area contributed by atoms with Crippen LogP contribution in [0.3, 0.4) is 0 Å². The van der Waals surface area contributed by atoms with Crippen LogP contribution in [0.5, 0.6) is 11.5 Å². The molecule has 0 saturated heterocycles. The summed E-state index contributed by atoms with van der Waals surface area (Å²) in [5.74, 6) is 0.921. The second-order valence-corrected chi connectivity index (χ2v) is 8.69. The molecule has 1 amide bonds. The van der Waals surface area contributed by atoms with Crippen molar-refractivity contribution >= 4 is 39.8 Å². The van der Waals surface area contributed by atoms with Crippen LogP contribution < -0.4 is 14.8 Å². The van der Waals surface area contributed by atoms with Crippen molar-refractivity contribution in [1.29, 1.82) is 0 Å². The first kappa shape index (κ1) is 23.7. The number of carbonyl (C=O) groups is 1. The number of halogens is 2. The van der Waals surface area contributed by atoms with Crippen LogP contribution in [-0.4, -0.2) is 47.0 Å². The van der Waals surface area contributed by atoms with Gasteiger partial charge in [-0.25, -0.2) is 0 Å². The lowest BCUT2D eigenvalue weighted by Crippen LogP contribution is -2.27. The molecule has 0 aliphatic heterocycles. The Morgan fingerprint density at radius 1 is 1.19 bits per heavy atom. The molecule has 1 N–H and O–H groups in total. The Bertz CT molecular complexity index is 1020. The van der Waals surface area contributed by atoms with E-state index in [0.29, 0.717) is 22.6 Å². The molecule has 1 aromatic heterocycles. The molecule has 0 spiro atoms. The summed E-state index contributed by atoms with van der Waals surface area (Å²) in [5, 5.41) is 12.0. The van der Waals surface area contributed by atoms with Crippen molar-refractivity contribution in [3.05, 3.63) is 54.1 Å². The number of para-hydroxylation sites is 2. The number of nitrogens with one attached hydrogen (secondary N) is 1. The lowest BCUT2D eigenvalue weighted by Gasteiger charge is -2.17. The van der Waals surface area contributed by atoms with Gasteiger partial charge >= 0.3 is 6.61 Å². The van der Waals surface area contributed by atoms with E-state index in [2.05, 4.69) is 20.3 Å². The van der Waals surface area contributed by atoms with Crippen molar-refractivity contribution in [2.45, 2.75) is 24.4 Å². The number of thioether (sulfide) groups is 1. The SMILES string of the molecule is CCOc1ccccc1Nc1nnc(SCC(=O)N(C)Cc2ccc(OC(F)F)cc2)s1. The topological polar surface area (TPSA) is 76.6 Å². The van der Waals surface area contributed by atoms with Gasteiger partial charge in [0.25, 0.3) is 0 Å². The lowest BCUT2D eigenvalue weighted by atomic mass is 10.2. The molecule has 0 bridgehead atoms. The largest absolute Gasteiger partial charge is 0.492 e. The van der Waals surface area contributed by atoms with E-state index in [-0.39, 0.29) is 17.4 Å². The molecular formula is C21H22F2N4O3S2. The van der Waals surface area contributed by atoms with Crippen molar-refractivity contribution in [2.24, 2.45) is 0 Å². The molecule has 0 aliphatic carbocycles. The van der Waals surface area contributed by atoms with Crippen LogP contribution >= 0.6 is 23.1 Å². The van der Waals surface area contributed by atoms with Crippen molar-refractivity contribution in [1.82, 2.24) is 15.1 Å². The molecule has 0 unspecified atom stereocenters. The van der Waals surface area contributed by atoms with Crippen LogP contribution in [0.2, 0.25) is 0 Å². The van der Waals surface area contributed by atoms with Crippen molar-refractivity contribution in [3.8, 4) is 11.5 Å². The van der Waals surface area contributed by atoms with Crippen LogP contribution in [0.25, 0.3) is 0 Å². The molecule has 170 valence electrons. The summed E-state index contributed by atoms with van der Waals surface area (Å²) in [4.78, 5) is 14.0. The van der Waals surface area contributed by atoms with Crippen molar-refractivity contribution in [3.63, 3.8) is 0 Å². The maximum atomic E-state index is 12.5. The fourth-order valence-corrected chi connectivity index (χ4v) is 4.36. The number of benzene rings is 2. The van der Waals surface area contributed by atoms with E-state index >= 15 is 0 Å². The van der Waals surface area contributed by atoms with Gasteiger partial charge in [-0.1, -0.05) is 47.4 Å².